The normalized spacial score (nSPS) is 9.90. The predicted molar refractivity (Wildman–Crippen MR) is 73.1 cm³/mol. The standard InChI is InChI=1S/C14H9ClFN3O/c1-19(12-5-3-2-4-9(12)7-17)14(20)11-6-10(16)8-18-13(11)15/h2-6,8H,1H3. The Morgan fingerprint density at radius 1 is 1.45 bits per heavy atom. The molecule has 1 aromatic carbocycles. The second-order valence-corrected chi connectivity index (χ2v) is 4.34. The molecule has 1 amide bonds. The van der Waals surface area contributed by atoms with E-state index in [1.165, 1.54) is 11.9 Å². The Bertz CT molecular complexity index is 712. The third kappa shape index (κ3) is 2.60. The summed E-state index contributed by atoms with van der Waals surface area (Å²) in [5.74, 6) is -1.19. The molecule has 2 aromatic rings. The van der Waals surface area contributed by atoms with Gasteiger partial charge in [-0.1, -0.05) is 23.7 Å². The topological polar surface area (TPSA) is 57.0 Å². The maximum absolute atomic E-state index is 13.2. The molecule has 0 unspecified atom stereocenters. The van der Waals surface area contributed by atoms with Gasteiger partial charge in [0.1, 0.15) is 17.0 Å². The molecule has 0 fully saturated rings. The highest BCUT2D eigenvalue weighted by Gasteiger charge is 2.20. The molecule has 0 aliphatic carbocycles. The fourth-order valence-electron chi connectivity index (χ4n) is 1.72. The van der Waals surface area contributed by atoms with Gasteiger partial charge in [0.05, 0.1) is 23.0 Å². The Morgan fingerprint density at radius 2 is 2.15 bits per heavy atom. The molecule has 0 aliphatic heterocycles. The molecule has 1 aromatic heterocycles. The Balaban J connectivity index is 2.43. The van der Waals surface area contributed by atoms with E-state index < -0.39 is 11.7 Å². The zero-order valence-corrected chi connectivity index (χ0v) is 11.2. The minimum Gasteiger partial charge on any atom is -0.310 e. The highest BCUT2D eigenvalue weighted by atomic mass is 35.5. The largest absolute Gasteiger partial charge is 0.310 e. The van der Waals surface area contributed by atoms with Crippen LogP contribution < -0.4 is 4.90 Å². The second kappa shape index (κ2) is 5.68. The number of benzene rings is 1. The molecule has 0 bridgehead atoms. The van der Waals surface area contributed by atoms with Crippen LogP contribution in [-0.4, -0.2) is 17.9 Å². The van der Waals surface area contributed by atoms with Crippen molar-refractivity contribution in [3.05, 3.63) is 58.6 Å². The maximum atomic E-state index is 13.2. The van der Waals surface area contributed by atoms with Gasteiger partial charge in [-0.15, -0.1) is 0 Å². The predicted octanol–water partition coefficient (Wildman–Crippen LogP) is 3.02. The van der Waals surface area contributed by atoms with E-state index in [0.717, 1.165) is 12.3 Å². The fraction of sp³-hybridized carbons (Fsp3) is 0.0714. The van der Waals surface area contributed by atoms with Crippen molar-refractivity contribution in [2.45, 2.75) is 0 Å². The number of pyridine rings is 1. The number of halogens is 2. The Morgan fingerprint density at radius 3 is 2.85 bits per heavy atom. The van der Waals surface area contributed by atoms with Gasteiger partial charge in [-0.3, -0.25) is 4.79 Å². The molecule has 2 rings (SSSR count). The first-order valence-corrected chi connectivity index (χ1v) is 6.00. The molecule has 100 valence electrons. The van der Waals surface area contributed by atoms with E-state index in [1.807, 2.05) is 6.07 Å². The Kier molecular flexibility index (Phi) is 3.97. The molecular formula is C14H9ClFN3O. The molecule has 0 aliphatic rings. The van der Waals surface area contributed by atoms with Crippen LogP contribution >= 0.6 is 11.6 Å². The molecule has 0 spiro atoms. The number of para-hydroxylation sites is 1. The number of hydrogen-bond acceptors (Lipinski definition) is 3. The zero-order valence-electron chi connectivity index (χ0n) is 10.5. The Labute approximate surface area is 120 Å². The lowest BCUT2D eigenvalue weighted by Gasteiger charge is -2.18. The first-order valence-electron chi connectivity index (χ1n) is 5.63. The smallest absolute Gasteiger partial charge is 0.261 e. The molecule has 20 heavy (non-hydrogen) atoms. The lowest BCUT2D eigenvalue weighted by Crippen LogP contribution is -2.27. The van der Waals surface area contributed by atoms with Gasteiger partial charge in [0.25, 0.3) is 5.91 Å². The summed E-state index contributed by atoms with van der Waals surface area (Å²) in [5.41, 5.74) is 0.700. The molecule has 6 heteroatoms. The van der Waals surface area contributed by atoms with Crippen LogP contribution in [0.5, 0.6) is 0 Å². The van der Waals surface area contributed by atoms with Gasteiger partial charge in [-0.2, -0.15) is 5.26 Å². The van der Waals surface area contributed by atoms with Gasteiger partial charge < -0.3 is 4.90 Å². The SMILES string of the molecule is CN(C(=O)c1cc(F)cnc1Cl)c1ccccc1C#N. The van der Waals surface area contributed by atoms with Gasteiger partial charge in [-0.25, -0.2) is 9.37 Å². The van der Waals surface area contributed by atoms with Crippen LogP contribution in [0.4, 0.5) is 10.1 Å². The quantitative estimate of drug-likeness (QED) is 0.799. The summed E-state index contributed by atoms with van der Waals surface area (Å²) < 4.78 is 13.2. The van der Waals surface area contributed by atoms with Gasteiger partial charge in [0, 0.05) is 7.05 Å². The van der Waals surface area contributed by atoms with E-state index in [4.69, 9.17) is 16.9 Å². The molecule has 0 saturated carbocycles. The average molecular weight is 290 g/mol. The summed E-state index contributed by atoms with van der Waals surface area (Å²) in [6.07, 6.45) is 0.933. The van der Waals surface area contributed by atoms with E-state index in [-0.39, 0.29) is 10.7 Å². The second-order valence-electron chi connectivity index (χ2n) is 3.99. The molecule has 0 atom stereocenters. The molecule has 0 N–H and O–H groups in total. The summed E-state index contributed by atoms with van der Waals surface area (Å²) in [6.45, 7) is 0. The number of anilines is 1. The number of rotatable bonds is 2. The van der Waals surface area contributed by atoms with Gasteiger partial charge >= 0.3 is 0 Å². The van der Waals surface area contributed by atoms with Crippen molar-refractivity contribution in [3.8, 4) is 6.07 Å². The number of hydrogen-bond donors (Lipinski definition) is 0. The molecule has 4 nitrogen and oxygen atoms in total. The molecule has 0 radical (unpaired) electrons. The maximum Gasteiger partial charge on any atom is 0.261 e. The number of aromatic nitrogens is 1. The zero-order chi connectivity index (χ0) is 14.7. The molecule has 0 saturated heterocycles. The lowest BCUT2D eigenvalue weighted by molar-refractivity contribution is 0.0992. The molecule has 1 heterocycles. The monoisotopic (exact) mass is 289 g/mol. The number of amides is 1. The third-order valence-electron chi connectivity index (χ3n) is 2.73. The number of carbonyl (C=O) groups is 1. The fourth-order valence-corrected chi connectivity index (χ4v) is 1.91. The van der Waals surface area contributed by atoms with E-state index in [9.17, 15) is 9.18 Å². The average Bonchev–Trinajstić information content (AvgIpc) is 2.48. The summed E-state index contributed by atoms with van der Waals surface area (Å²) in [5, 5.41) is 8.95. The highest BCUT2D eigenvalue weighted by Crippen LogP contribution is 2.22. The third-order valence-corrected chi connectivity index (χ3v) is 3.03. The van der Waals surface area contributed by atoms with Crippen molar-refractivity contribution in [1.82, 2.24) is 4.98 Å². The van der Waals surface area contributed by atoms with Crippen molar-refractivity contribution in [1.29, 1.82) is 5.26 Å². The van der Waals surface area contributed by atoms with Crippen molar-refractivity contribution in [2.75, 3.05) is 11.9 Å². The van der Waals surface area contributed by atoms with Gasteiger partial charge in [0.2, 0.25) is 0 Å². The van der Waals surface area contributed by atoms with Crippen LogP contribution in [-0.2, 0) is 0 Å². The van der Waals surface area contributed by atoms with Crippen LogP contribution in [0.1, 0.15) is 15.9 Å². The van der Waals surface area contributed by atoms with E-state index in [0.29, 0.717) is 11.3 Å². The van der Waals surface area contributed by atoms with Crippen molar-refractivity contribution >= 4 is 23.2 Å². The van der Waals surface area contributed by atoms with Gasteiger partial charge in [0.15, 0.2) is 0 Å². The van der Waals surface area contributed by atoms with Crippen molar-refractivity contribution in [3.63, 3.8) is 0 Å². The lowest BCUT2D eigenvalue weighted by atomic mass is 10.1. The minimum absolute atomic E-state index is 0.0538. The summed E-state index contributed by atoms with van der Waals surface area (Å²) in [7, 11) is 1.49. The molecular weight excluding hydrogens is 281 g/mol. The summed E-state index contributed by atoms with van der Waals surface area (Å²) in [4.78, 5) is 17.1. The van der Waals surface area contributed by atoms with E-state index in [2.05, 4.69) is 4.98 Å². The number of nitriles is 1. The van der Waals surface area contributed by atoms with E-state index >= 15 is 0 Å². The minimum atomic E-state index is -0.653. The first kappa shape index (κ1) is 14.0. The van der Waals surface area contributed by atoms with Crippen LogP contribution in [0.2, 0.25) is 5.15 Å². The van der Waals surface area contributed by atoms with Crippen molar-refractivity contribution in [2.24, 2.45) is 0 Å². The van der Waals surface area contributed by atoms with Gasteiger partial charge in [-0.05, 0) is 18.2 Å². The Hall–Kier alpha value is -2.45. The summed E-state index contributed by atoms with van der Waals surface area (Å²) >= 11 is 5.81. The van der Waals surface area contributed by atoms with Crippen LogP contribution in [0.25, 0.3) is 0 Å². The number of nitrogens with zero attached hydrogens (tertiary/aromatic N) is 3. The van der Waals surface area contributed by atoms with Crippen molar-refractivity contribution < 1.29 is 9.18 Å². The van der Waals surface area contributed by atoms with Crippen LogP contribution in [0, 0.1) is 17.1 Å². The highest BCUT2D eigenvalue weighted by molar-refractivity contribution is 6.33. The number of carbonyl (C=O) groups excluding carboxylic acids is 1. The van der Waals surface area contributed by atoms with E-state index in [1.54, 1.807) is 24.3 Å². The first-order chi connectivity index (χ1) is 9.54. The summed E-state index contributed by atoms with van der Waals surface area (Å²) in [6, 6.07) is 9.61. The van der Waals surface area contributed by atoms with Crippen LogP contribution in [0.3, 0.4) is 0 Å². The van der Waals surface area contributed by atoms with Crippen LogP contribution in [0.15, 0.2) is 36.5 Å².